The number of anilines is 1. The number of pyridine rings is 1. The fraction of sp³-hybridized carbons (Fsp3) is 0.214. The summed E-state index contributed by atoms with van der Waals surface area (Å²) < 4.78 is 0. The molecule has 0 unspecified atom stereocenters. The van der Waals surface area contributed by atoms with Crippen LogP contribution in [0.25, 0.3) is 44.6 Å². The minimum Gasteiger partial charge on any atom is -0.370 e. The third-order valence-electron chi connectivity index (χ3n) is 6.83. The Bertz CT molecular complexity index is 1460. The van der Waals surface area contributed by atoms with Crippen molar-refractivity contribution in [2.75, 3.05) is 18.0 Å². The summed E-state index contributed by atoms with van der Waals surface area (Å²) in [7, 11) is 0. The highest BCUT2D eigenvalue weighted by atomic mass is 15.1. The maximum atomic E-state index is 6.13. The Hall–Kier alpha value is -3.74. The average molecular weight is 449 g/mol. The molecule has 1 aliphatic rings. The number of benzene rings is 3. The van der Waals surface area contributed by atoms with E-state index in [2.05, 4.69) is 76.6 Å². The van der Waals surface area contributed by atoms with Crippen LogP contribution in [0.2, 0.25) is 0 Å². The zero-order valence-electron chi connectivity index (χ0n) is 19.0. The van der Waals surface area contributed by atoms with Gasteiger partial charge < -0.3 is 21.4 Å². The number of imidazole rings is 1. The lowest BCUT2D eigenvalue weighted by molar-refractivity contribution is 0.502. The number of hydrogen-bond acceptors (Lipinski definition) is 5. The van der Waals surface area contributed by atoms with Gasteiger partial charge in [-0.05, 0) is 53.8 Å². The number of hydrogen-bond donors (Lipinski definition) is 3. The smallest absolute Gasteiger partial charge is 0.157 e. The molecule has 6 heteroatoms. The van der Waals surface area contributed by atoms with Crippen LogP contribution in [0.3, 0.4) is 0 Å². The first-order valence-corrected chi connectivity index (χ1v) is 11.9. The summed E-state index contributed by atoms with van der Waals surface area (Å²) in [5, 5.41) is 1.13. The van der Waals surface area contributed by atoms with E-state index in [1.165, 1.54) is 5.69 Å². The molecule has 0 radical (unpaired) electrons. The highest BCUT2D eigenvalue weighted by molar-refractivity contribution is 5.93. The zero-order valence-corrected chi connectivity index (χ0v) is 19.0. The van der Waals surface area contributed by atoms with Gasteiger partial charge in [0.2, 0.25) is 0 Å². The molecule has 0 atom stereocenters. The second-order valence-electron chi connectivity index (χ2n) is 9.09. The third kappa shape index (κ3) is 3.81. The number of aromatic nitrogens is 3. The number of nitrogens with two attached hydrogens (primary N) is 2. The van der Waals surface area contributed by atoms with E-state index >= 15 is 0 Å². The number of nitrogens with zero attached hydrogens (tertiary/aromatic N) is 3. The fourth-order valence-corrected chi connectivity index (χ4v) is 4.80. The number of fused-ring (bicyclic) bond motifs is 2. The Morgan fingerprint density at radius 2 is 1.68 bits per heavy atom. The van der Waals surface area contributed by atoms with E-state index in [-0.39, 0.29) is 0 Å². The van der Waals surface area contributed by atoms with Gasteiger partial charge >= 0.3 is 0 Å². The van der Waals surface area contributed by atoms with Gasteiger partial charge in [0, 0.05) is 31.1 Å². The van der Waals surface area contributed by atoms with Crippen molar-refractivity contribution < 1.29 is 0 Å². The number of rotatable bonds is 4. The third-order valence-corrected chi connectivity index (χ3v) is 6.83. The van der Waals surface area contributed by atoms with Crippen molar-refractivity contribution in [1.29, 1.82) is 0 Å². The first-order valence-electron chi connectivity index (χ1n) is 11.9. The van der Waals surface area contributed by atoms with E-state index in [0.29, 0.717) is 12.6 Å². The van der Waals surface area contributed by atoms with Crippen molar-refractivity contribution in [3.8, 4) is 22.6 Å². The number of nitrogens with one attached hydrogen (secondary N) is 1. The van der Waals surface area contributed by atoms with E-state index in [1.54, 1.807) is 0 Å². The van der Waals surface area contributed by atoms with Crippen molar-refractivity contribution in [3.63, 3.8) is 0 Å². The van der Waals surface area contributed by atoms with Gasteiger partial charge in [-0.1, -0.05) is 48.5 Å². The summed E-state index contributed by atoms with van der Waals surface area (Å²) in [5.41, 5.74) is 20.2. The van der Waals surface area contributed by atoms with Crippen LogP contribution >= 0.6 is 0 Å². The Labute approximate surface area is 198 Å². The Kier molecular flexibility index (Phi) is 5.24. The number of para-hydroxylation sites is 1. The van der Waals surface area contributed by atoms with Crippen LogP contribution in [-0.4, -0.2) is 34.1 Å². The molecule has 5 aromatic rings. The molecule has 0 aliphatic carbocycles. The Balaban J connectivity index is 1.37. The molecule has 3 heterocycles. The lowest BCUT2D eigenvalue weighted by atomic mass is 10.0. The van der Waals surface area contributed by atoms with Gasteiger partial charge in [-0.15, -0.1) is 0 Å². The van der Waals surface area contributed by atoms with Gasteiger partial charge in [-0.3, -0.25) is 0 Å². The van der Waals surface area contributed by atoms with E-state index < -0.39 is 0 Å². The van der Waals surface area contributed by atoms with Crippen LogP contribution in [0, 0.1) is 0 Å². The Morgan fingerprint density at radius 3 is 2.47 bits per heavy atom. The largest absolute Gasteiger partial charge is 0.370 e. The minimum atomic E-state index is 0.300. The van der Waals surface area contributed by atoms with Gasteiger partial charge in [0.15, 0.2) is 5.82 Å². The number of aromatic amines is 1. The lowest BCUT2D eigenvalue weighted by Gasteiger charge is -2.32. The topological polar surface area (TPSA) is 96.8 Å². The van der Waals surface area contributed by atoms with E-state index in [1.807, 2.05) is 6.07 Å². The van der Waals surface area contributed by atoms with E-state index in [0.717, 1.165) is 76.1 Å². The van der Waals surface area contributed by atoms with Gasteiger partial charge in [0.25, 0.3) is 0 Å². The molecular formula is C28H28N6. The van der Waals surface area contributed by atoms with Crippen LogP contribution in [0.4, 0.5) is 5.69 Å². The minimum absolute atomic E-state index is 0.300. The van der Waals surface area contributed by atoms with Crippen molar-refractivity contribution in [1.82, 2.24) is 15.0 Å². The summed E-state index contributed by atoms with van der Waals surface area (Å²) in [5.74, 6) is 0.781. The molecule has 6 rings (SSSR count). The van der Waals surface area contributed by atoms with Crippen molar-refractivity contribution >= 4 is 27.6 Å². The second-order valence-corrected chi connectivity index (χ2v) is 9.09. The molecule has 2 aromatic heterocycles. The first kappa shape index (κ1) is 20.8. The molecule has 3 aromatic carbocycles. The Morgan fingerprint density at radius 1 is 0.882 bits per heavy atom. The molecule has 1 saturated heterocycles. The molecule has 0 saturated carbocycles. The summed E-state index contributed by atoms with van der Waals surface area (Å²) in [6, 6.07) is 25.6. The zero-order chi connectivity index (χ0) is 23.1. The lowest BCUT2D eigenvalue weighted by Crippen LogP contribution is -2.39. The van der Waals surface area contributed by atoms with Crippen molar-refractivity contribution in [2.24, 2.45) is 11.5 Å². The predicted molar refractivity (Wildman–Crippen MR) is 140 cm³/mol. The molecule has 34 heavy (non-hydrogen) atoms. The summed E-state index contributed by atoms with van der Waals surface area (Å²) in [6.07, 6.45) is 2.02. The van der Waals surface area contributed by atoms with Crippen LogP contribution in [0.1, 0.15) is 18.4 Å². The summed E-state index contributed by atoms with van der Waals surface area (Å²) in [6.45, 7) is 2.48. The average Bonchev–Trinajstić information content (AvgIpc) is 3.32. The van der Waals surface area contributed by atoms with Crippen LogP contribution in [-0.2, 0) is 6.54 Å². The molecule has 1 fully saturated rings. The maximum absolute atomic E-state index is 6.13. The van der Waals surface area contributed by atoms with Gasteiger partial charge in [-0.25, -0.2) is 9.97 Å². The van der Waals surface area contributed by atoms with Crippen molar-refractivity contribution in [2.45, 2.75) is 25.4 Å². The monoisotopic (exact) mass is 448 g/mol. The molecule has 170 valence electrons. The molecule has 0 amide bonds. The molecular weight excluding hydrogens is 420 g/mol. The van der Waals surface area contributed by atoms with Crippen molar-refractivity contribution in [3.05, 3.63) is 78.4 Å². The second kappa shape index (κ2) is 8.56. The fourth-order valence-electron chi connectivity index (χ4n) is 4.80. The normalized spacial score (nSPS) is 14.8. The standard InChI is InChI=1S/C28H28N6/c29-17-18-4-6-19(7-5-18)21-9-10-23-25(16-21)33-28(32-23)24-11-8-20-2-1-3-26(27(20)31-24)34-14-12-22(30)13-15-34/h1-11,16,22H,12-15,17,29-30H2,(H,32,33). The highest BCUT2D eigenvalue weighted by Gasteiger charge is 2.19. The quantitative estimate of drug-likeness (QED) is 0.366. The van der Waals surface area contributed by atoms with E-state index in [9.17, 15) is 0 Å². The molecule has 0 bridgehead atoms. The van der Waals surface area contributed by atoms with Gasteiger partial charge in [0.1, 0.15) is 5.69 Å². The SMILES string of the molecule is NCc1ccc(-c2ccc3nc(-c4ccc5cccc(N6CCC(N)CC6)c5n4)[nH]c3c2)cc1. The van der Waals surface area contributed by atoms with Gasteiger partial charge in [0.05, 0.1) is 22.2 Å². The summed E-state index contributed by atoms with van der Waals surface area (Å²) >= 11 is 0. The molecule has 6 nitrogen and oxygen atoms in total. The van der Waals surface area contributed by atoms with Gasteiger partial charge in [-0.2, -0.15) is 0 Å². The van der Waals surface area contributed by atoms with Crippen LogP contribution in [0.15, 0.2) is 72.8 Å². The predicted octanol–water partition coefficient (Wildman–Crippen LogP) is 4.83. The highest BCUT2D eigenvalue weighted by Crippen LogP contribution is 2.31. The molecule has 5 N–H and O–H groups in total. The van der Waals surface area contributed by atoms with E-state index in [4.69, 9.17) is 21.4 Å². The maximum Gasteiger partial charge on any atom is 0.157 e. The van der Waals surface area contributed by atoms with Crippen LogP contribution < -0.4 is 16.4 Å². The van der Waals surface area contributed by atoms with Crippen LogP contribution in [0.5, 0.6) is 0 Å². The summed E-state index contributed by atoms with van der Waals surface area (Å²) in [4.78, 5) is 15.8. The molecule has 0 spiro atoms. The number of H-pyrrole nitrogens is 1. The molecule has 1 aliphatic heterocycles. The number of piperidine rings is 1. The first-order chi connectivity index (χ1) is 16.7.